The third kappa shape index (κ3) is 5.20. The second-order valence-electron chi connectivity index (χ2n) is 3.98. The number of hydrogen-bond donors (Lipinski definition) is 0. The van der Waals surface area contributed by atoms with Crippen LogP contribution in [0.15, 0.2) is 30.3 Å². The molecule has 0 radical (unpaired) electrons. The number of hydrogen-bond acceptors (Lipinski definition) is 2. The van der Waals surface area contributed by atoms with E-state index in [0.717, 1.165) is 0 Å². The van der Waals surface area contributed by atoms with Gasteiger partial charge in [-0.25, -0.2) is 0 Å². The van der Waals surface area contributed by atoms with Gasteiger partial charge in [-0.2, -0.15) is 26.3 Å². The van der Waals surface area contributed by atoms with E-state index in [2.05, 4.69) is 4.74 Å². The summed E-state index contributed by atoms with van der Waals surface area (Å²) in [7, 11) is 0. The van der Waals surface area contributed by atoms with Crippen LogP contribution < -0.4 is 0 Å². The van der Waals surface area contributed by atoms with Gasteiger partial charge >= 0.3 is 12.4 Å². The Morgan fingerprint density at radius 2 is 1.50 bits per heavy atom. The fourth-order valence-electron chi connectivity index (χ4n) is 1.43. The summed E-state index contributed by atoms with van der Waals surface area (Å²) in [6.45, 7) is -1.25. The van der Waals surface area contributed by atoms with E-state index in [1.165, 1.54) is 12.1 Å². The summed E-state index contributed by atoms with van der Waals surface area (Å²) in [4.78, 5) is 11.3. The molecule has 0 aliphatic carbocycles. The van der Waals surface area contributed by atoms with Gasteiger partial charge in [0.15, 0.2) is 5.78 Å². The number of carbonyl (C=O) groups is 1. The van der Waals surface area contributed by atoms with Crippen molar-refractivity contribution in [2.24, 2.45) is 0 Å². The average molecular weight is 300 g/mol. The zero-order chi connectivity index (χ0) is 15.4. The van der Waals surface area contributed by atoms with Gasteiger partial charge in [-0.15, -0.1) is 0 Å². The molecule has 2 nitrogen and oxygen atoms in total. The van der Waals surface area contributed by atoms with E-state index in [-0.39, 0.29) is 6.42 Å². The van der Waals surface area contributed by atoms with Crippen LogP contribution in [0, 0.1) is 0 Å². The van der Waals surface area contributed by atoms with Crippen LogP contribution >= 0.6 is 0 Å². The Balaban J connectivity index is 2.58. The van der Waals surface area contributed by atoms with Gasteiger partial charge in [0.2, 0.25) is 6.10 Å². The minimum atomic E-state index is -5.61. The molecule has 0 aromatic heterocycles. The van der Waals surface area contributed by atoms with E-state index in [1.54, 1.807) is 18.2 Å². The van der Waals surface area contributed by atoms with Crippen LogP contribution in [0.3, 0.4) is 0 Å². The Morgan fingerprint density at radius 3 is 1.95 bits per heavy atom. The third-order valence-corrected chi connectivity index (χ3v) is 2.25. The zero-order valence-corrected chi connectivity index (χ0v) is 9.96. The Hall–Kier alpha value is -1.57. The number of carbonyl (C=O) groups excluding carboxylic acids is 1. The summed E-state index contributed by atoms with van der Waals surface area (Å²) >= 11 is 0. The minimum Gasteiger partial charge on any atom is -0.353 e. The van der Waals surface area contributed by atoms with Crippen molar-refractivity contribution < 1.29 is 35.9 Å². The molecule has 0 fully saturated rings. The van der Waals surface area contributed by atoms with Gasteiger partial charge in [0.1, 0.15) is 6.61 Å². The van der Waals surface area contributed by atoms with Crippen LogP contribution in [-0.2, 0) is 16.0 Å². The fourth-order valence-corrected chi connectivity index (χ4v) is 1.43. The molecule has 8 heteroatoms. The maximum absolute atomic E-state index is 12.1. The van der Waals surface area contributed by atoms with Crippen molar-refractivity contribution >= 4 is 5.78 Å². The van der Waals surface area contributed by atoms with E-state index in [1.807, 2.05) is 0 Å². The predicted octanol–water partition coefficient (Wildman–Crippen LogP) is 3.31. The van der Waals surface area contributed by atoms with Gasteiger partial charge in [0.25, 0.3) is 0 Å². The van der Waals surface area contributed by atoms with Crippen molar-refractivity contribution in [2.45, 2.75) is 24.9 Å². The topological polar surface area (TPSA) is 26.3 Å². The quantitative estimate of drug-likeness (QED) is 0.780. The molecule has 0 saturated carbocycles. The molecule has 112 valence electrons. The zero-order valence-electron chi connectivity index (χ0n) is 9.96. The van der Waals surface area contributed by atoms with Gasteiger partial charge in [-0.3, -0.25) is 4.79 Å². The average Bonchev–Trinajstić information content (AvgIpc) is 2.26. The number of ether oxygens (including phenoxy) is 1. The third-order valence-electron chi connectivity index (χ3n) is 2.25. The Labute approximate surface area is 110 Å². The monoisotopic (exact) mass is 300 g/mol. The molecule has 1 rings (SSSR count). The summed E-state index contributed by atoms with van der Waals surface area (Å²) in [6.07, 6.45) is -15.4. The van der Waals surface area contributed by atoms with Crippen LogP contribution in [-0.4, -0.2) is 30.8 Å². The standard InChI is InChI=1S/C12H10F6O2/c13-11(14,15)10(12(16,17)18)20-7-9(19)6-8-4-2-1-3-5-8/h1-5,10H,6-7H2. The molecular weight excluding hydrogens is 290 g/mol. The van der Waals surface area contributed by atoms with Gasteiger partial charge in [-0.05, 0) is 5.56 Å². The van der Waals surface area contributed by atoms with Crippen molar-refractivity contribution in [1.82, 2.24) is 0 Å². The molecular formula is C12H10F6O2. The molecule has 0 bridgehead atoms. The highest BCUT2D eigenvalue weighted by molar-refractivity contribution is 5.82. The van der Waals surface area contributed by atoms with E-state index < -0.39 is 30.8 Å². The van der Waals surface area contributed by atoms with E-state index in [4.69, 9.17) is 0 Å². The number of benzene rings is 1. The van der Waals surface area contributed by atoms with Gasteiger partial charge in [-0.1, -0.05) is 30.3 Å². The van der Waals surface area contributed by atoms with Crippen molar-refractivity contribution in [2.75, 3.05) is 6.61 Å². The second kappa shape index (κ2) is 6.25. The first kappa shape index (κ1) is 16.5. The van der Waals surface area contributed by atoms with Crippen molar-refractivity contribution in [3.63, 3.8) is 0 Å². The maximum Gasteiger partial charge on any atom is 0.423 e. The second-order valence-corrected chi connectivity index (χ2v) is 3.98. The molecule has 0 atom stereocenters. The van der Waals surface area contributed by atoms with Crippen LogP contribution in [0.2, 0.25) is 0 Å². The number of Topliss-reactive ketones (excluding diaryl/α,β-unsaturated/α-hetero) is 1. The van der Waals surface area contributed by atoms with Crippen molar-refractivity contribution in [3.05, 3.63) is 35.9 Å². The van der Waals surface area contributed by atoms with Crippen LogP contribution in [0.5, 0.6) is 0 Å². The fraction of sp³-hybridized carbons (Fsp3) is 0.417. The Bertz CT molecular complexity index is 424. The first-order chi connectivity index (χ1) is 9.10. The van der Waals surface area contributed by atoms with Crippen LogP contribution in [0.25, 0.3) is 0 Å². The van der Waals surface area contributed by atoms with Gasteiger partial charge < -0.3 is 4.74 Å². The SMILES string of the molecule is O=C(COC(C(F)(F)F)C(F)(F)F)Cc1ccccc1. The molecule has 1 aromatic rings. The number of halogens is 6. The molecule has 0 heterocycles. The molecule has 0 aliphatic heterocycles. The van der Waals surface area contributed by atoms with E-state index in [9.17, 15) is 31.1 Å². The highest BCUT2D eigenvalue weighted by atomic mass is 19.4. The highest BCUT2D eigenvalue weighted by Gasteiger charge is 2.58. The molecule has 0 aliphatic rings. The largest absolute Gasteiger partial charge is 0.423 e. The van der Waals surface area contributed by atoms with E-state index >= 15 is 0 Å². The number of ketones is 1. The number of rotatable bonds is 5. The molecule has 0 N–H and O–H groups in total. The highest BCUT2D eigenvalue weighted by Crippen LogP contribution is 2.35. The summed E-state index contributed by atoms with van der Waals surface area (Å²) in [5.41, 5.74) is 0.483. The summed E-state index contributed by atoms with van der Waals surface area (Å²) in [5.74, 6) is -0.866. The predicted molar refractivity (Wildman–Crippen MR) is 57.0 cm³/mol. The Kier molecular flexibility index (Phi) is 5.15. The van der Waals surface area contributed by atoms with Crippen LogP contribution in [0.1, 0.15) is 5.56 Å². The van der Waals surface area contributed by atoms with E-state index in [0.29, 0.717) is 5.56 Å². The molecule has 0 spiro atoms. The summed E-state index contributed by atoms with van der Waals surface area (Å²) < 4.78 is 76.5. The lowest BCUT2D eigenvalue weighted by atomic mass is 10.1. The first-order valence-corrected chi connectivity index (χ1v) is 5.41. The Morgan fingerprint density at radius 1 is 1.00 bits per heavy atom. The summed E-state index contributed by atoms with van der Waals surface area (Å²) in [5, 5.41) is 0. The summed E-state index contributed by atoms with van der Waals surface area (Å²) in [6, 6.07) is 7.91. The molecule has 0 amide bonds. The molecule has 1 aromatic carbocycles. The van der Waals surface area contributed by atoms with Gasteiger partial charge in [0.05, 0.1) is 0 Å². The maximum atomic E-state index is 12.1. The number of alkyl halides is 6. The van der Waals surface area contributed by atoms with Gasteiger partial charge in [0, 0.05) is 6.42 Å². The smallest absolute Gasteiger partial charge is 0.353 e. The van der Waals surface area contributed by atoms with Crippen molar-refractivity contribution in [3.8, 4) is 0 Å². The molecule has 0 unspecified atom stereocenters. The lowest BCUT2D eigenvalue weighted by molar-refractivity contribution is -0.319. The normalized spacial score (nSPS) is 12.8. The lowest BCUT2D eigenvalue weighted by Gasteiger charge is -2.22. The molecule has 20 heavy (non-hydrogen) atoms. The van der Waals surface area contributed by atoms with Crippen molar-refractivity contribution in [1.29, 1.82) is 0 Å². The minimum absolute atomic E-state index is 0.288. The molecule has 0 saturated heterocycles. The first-order valence-electron chi connectivity index (χ1n) is 5.41. The van der Waals surface area contributed by atoms with Crippen LogP contribution in [0.4, 0.5) is 26.3 Å². The lowest BCUT2D eigenvalue weighted by Crippen LogP contribution is -2.45.